The number of aliphatic hydroxyl groups is 1. The number of ether oxygens (including phenoxy) is 3. The topological polar surface area (TPSA) is 65.0 Å². The van der Waals surface area contributed by atoms with Crippen LogP contribution in [-0.2, 0) is 16.1 Å². The molecule has 2 atom stereocenters. The molecule has 0 fully saturated rings. The molecule has 5 heteroatoms. The summed E-state index contributed by atoms with van der Waals surface area (Å²) in [6.07, 6.45) is -1.24. The average molecular weight is 421 g/mol. The van der Waals surface area contributed by atoms with Gasteiger partial charge >= 0.3 is 5.97 Å². The molecule has 162 valence electrons. The van der Waals surface area contributed by atoms with E-state index in [2.05, 4.69) is 0 Å². The Morgan fingerprint density at radius 2 is 1.55 bits per heavy atom. The smallest absolute Gasteiger partial charge is 0.353 e. The van der Waals surface area contributed by atoms with Gasteiger partial charge in [0.05, 0.1) is 6.61 Å². The van der Waals surface area contributed by atoms with Crippen molar-refractivity contribution >= 4 is 5.97 Å². The lowest BCUT2D eigenvalue weighted by Gasteiger charge is -2.33. The minimum atomic E-state index is -1.61. The average Bonchev–Trinajstić information content (AvgIpc) is 2.80. The van der Waals surface area contributed by atoms with Crippen molar-refractivity contribution < 1.29 is 24.1 Å². The highest BCUT2D eigenvalue weighted by molar-refractivity contribution is 5.80. The quantitative estimate of drug-likeness (QED) is 0.493. The Kier molecular flexibility index (Phi) is 7.32. The van der Waals surface area contributed by atoms with Crippen LogP contribution in [0, 0.1) is 6.92 Å². The van der Waals surface area contributed by atoms with E-state index in [9.17, 15) is 9.90 Å². The van der Waals surface area contributed by atoms with Gasteiger partial charge in [0.2, 0.25) is 5.60 Å². The Morgan fingerprint density at radius 1 is 0.935 bits per heavy atom. The second kappa shape index (κ2) is 10.1. The Balaban J connectivity index is 1.77. The molecule has 0 amide bonds. The molecule has 0 radical (unpaired) electrons. The van der Waals surface area contributed by atoms with E-state index in [1.165, 1.54) is 6.92 Å². The third kappa shape index (κ3) is 5.64. The maximum Gasteiger partial charge on any atom is 0.353 e. The summed E-state index contributed by atoms with van der Waals surface area (Å²) in [5, 5.41) is 11.1. The van der Waals surface area contributed by atoms with Gasteiger partial charge in [-0.15, -0.1) is 0 Å². The number of hydrogen-bond acceptors (Lipinski definition) is 5. The van der Waals surface area contributed by atoms with Gasteiger partial charge < -0.3 is 19.3 Å². The summed E-state index contributed by atoms with van der Waals surface area (Å²) in [7, 11) is 0. The minimum Gasteiger partial charge on any atom is -0.489 e. The van der Waals surface area contributed by atoms with E-state index in [-0.39, 0.29) is 6.61 Å². The van der Waals surface area contributed by atoms with E-state index in [1.54, 1.807) is 43.3 Å². The molecular weight excluding hydrogens is 392 g/mol. The minimum absolute atomic E-state index is 0.185. The van der Waals surface area contributed by atoms with E-state index in [0.29, 0.717) is 23.7 Å². The first kappa shape index (κ1) is 22.4. The van der Waals surface area contributed by atoms with Gasteiger partial charge in [-0.05, 0) is 56.2 Å². The first-order chi connectivity index (χ1) is 14.9. The van der Waals surface area contributed by atoms with Crippen molar-refractivity contribution in [2.24, 2.45) is 0 Å². The molecule has 3 rings (SSSR count). The summed E-state index contributed by atoms with van der Waals surface area (Å²) in [5.41, 5.74) is 1.04. The zero-order valence-corrected chi connectivity index (χ0v) is 18.1. The molecule has 0 saturated carbocycles. The van der Waals surface area contributed by atoms with Crippen molar-refractivity contribution in [1.29, 1.82) is 0 Å². The normalized spacial score (nSPS) is 13.7. The first-order valence-corrected chi connectivity index (χ1v) is 10.3. The van der Waals surface area contributed by atoms with Crippen LogP contribution < -0.4 is 9.47 Å². The second-order valence-electron chi connectivity index (χ2n) is 7.49. The molecule has 0 aliphatic rings. The molecule has 0 saturated heterocycles. The molecule has 3 aromatic rings. The number of rotatable bonds is 9. The summed E-state index contributed by atoms with van der Waals surface area (Å²) in [6.45, 7) is 5.85. The number of benzene rings is 3. The molecular formula is C26H28O5. The largest absolute Gasteiger partial charge is 0.489 e. The van der Waals surface area contributed by atoms with Crippen LogP contribution in [-0.4, -0.2) is 23.3 Å². The molecule has 0 bridgehead atoms. The maximum absolute atomic E-state index is 12.7. The highest BCUT2D eigenvalue weighted by Gasteiger charge is 2.45. The third-order valence-electron chi connectivity index (χ3n) is 5.00. The van der Waals surface area contributed by atoms with Gasteiger partial charge in [0, 0.05) is 0 Å². The lowest BCUT2D eigenvalue weighted by Crippen LogP contribution is -2.48. The molecule has 0 aliphatic carbocycles. The lowest BCUT2D eigenvalue weighted by atomic mass is 9.92. The van der Waals surface area contributed by atoms with Gasteiger partial charge in [-0.25, -0.2) is 4.79 Å². The fourth-order valence-corrected chi connectivity index (χ4v) is 3.14. The van der Waals surface area contributed by atoms with Gasteiger partial charge in [0.1, 0.15) is 24.2 Å². The second-order valence-corrected chi connectivity index (χ2v) is 7.49. The number of hydrogen-bond donors (Lipinski definition) is 1. The Bertz CT molecular complexity index is 967. The number of carbonyl (C=O) groups excluding carboxylic acids is 1. The maximum atomic E-state index is 12.7. The van der Waals surface area contributed by atoms with Crippen molar-refractivity contribution in [1.82, 2.24) is 0 Å². The predicted molar refractivity (Wildman–Crippen MR) is 119 cm³/mol. The van der Waals surface area contributed by atoms with Crippen LogP contribution in [0.25, 0.3) is 0 Å². The molecule has 5 nitrogen and oxygen atoms in total. The van der Waals surface area contributed by atoms with Crippen LogP contribution in [0.1, 0.15) is 36.6 Å². The van der Waals surface area contributed by atoms with Crippen molar-refractivity contribution in [3.63, 3.8) is 0 Å². The molecule has 2 unspecified atom stereocenters. The highest BCUT2D eigenvalue weighted by Crippen LogP contribution is 2.33. The van der Waals surface area contributed by atoms with Gasteiger partial charge in [-0.2, -0.15) is 0 Å². The van der Waals surface area contributed by atoms with Crippen LogP contribution >= 0.6 is 0 Å². The highest BCUT2D eigenvalue weighted by atomic mass is 16.6. The molecule has 0 aliphatic heterocycles. The zero-order chi connectivity index (χ0) is 22.3. The lowest BCUT2D eigenvalue weighted by molar-refractivity contribution is -0.171. The molecule has 0 heterocycles. The SMILES string of the molecule is CCOC(=O)C(C)(Oc1ccc(C)cc1)C(O)c1ccc(OCc2ccccc2)cc1. The fourth-order valence-electron chi connectivity index (χ4n) is 3.14. The van der Waals surface area contributed by atoms with Gasteiger partial charge in [-0.3, -0.25) is 0 Å². The summed E-state index contributed by atoms with van der Waals surface area (Å²) < 4.78 is 17.0. The zero-order valence-electron chi connectivity index (χ0n) is 18.1. The summed E-state index contributed by atoms with van der Waals surface area (Å²) in [5.74, 6) is 0.507. The van der Waals surface area contributed by atoms with E-state index in [1.807, 2.05) is 49.4 Å². The van der Waals surface area contributed by atoms with Gasteiger partial charge in [-0.1, -0.05) is 60.2 Å². The first-order valence-electron chi connectivity index (χ1n) is 10.3. The molecule has 3 aromatic carbocycles. The Hall–Kier alpha value is -3.31. The fraction of sp³-hybridized carbons (Fsp3) is 0.269. The molecule has 1 N–H and O–H groups in total. The van der Waals surface area contributed by atoms with Gasteiger partial charge in [0.25, 0.3) is 0 Å². The van der Waals surface area contributed by atoms with Crippen LogP contribution in [0.4, 0.5) is 0 Å². The number of esters is 1. The van der Waals surface area contributed by atoms with Crippen molar-refractivity contribution in [3.8, 4) is 11.5 Å². The van der Waals surface area contributed by atoms with Crippen molar-refractivity contribution in [2.75, 3.05) is 6.61 Å². The van der Waals surface area contributed by atoms with Gasteiger partial charge in [0.15, 0.2) is 0 Å². The standard InChI is InChI=1S/C26H28O5/c1-4-29-25(28)26(3,31-23-14-10-19(2)11-15-23)24(27)21-12-16-22(17-13-21)30-18-20-8-6-5-7-9-20/h5-17,24,27H,4,18H2,1-3H3. The summed E-state index contributed by atoms with van der Waals surface area (Å²) >= 11 is 0. The van der Waals surface area contributed by atoms with E-state index >= 15 is 0 Å². The van der Waals surface area contributed by atoms with E-state index < -0.39 is 17.7 Å². The van der Waals surface area contributed by atoms with Crippen molar-refractivity contribution in [3.05, 3.63) is 95.6 Å². The monoisotopic (exact) mass is 420 g/mol. The number of aryl methyl sites for hydroxylation is 1. The van der Waals surface area contributed by atoms with E-state index in [0.717, 1.165) is 11.1 Å². The number of aliphatic hydroxyl groups excluding tert-OH is 1. The van der Waals surface area contributed by atoms with Crippen LogP contribution in [0.3, 0.4) is 0 Å². The Labute approximate surface area is 183 Å². The number of carbonyl (C=O) groups is 1. The Morgan fingerprint density at radius 3 is 2.16 bits per heavy atom. The predicted octanol–water partition coefficient (Wildman–Crippen LogP) is 5.01. The van der Waals surface area contributed by atoms with Crippen molar-refractivity contribution in [2.45, 2.75) is 39.1 Å². The van der Waals surface area contributed by atoms with Crippen LogP contribution in [0.2, 0.25) is 0 Å². The molecule has 0 aromatic heterocycles. The van der Waals surface area contributed by atoms with Crippen LogP contribution in [0.5, 0.6) is 11.5 Å². The summed E-state index contributed by atoms with van der Waals surface area (Å²) in [6, 6.07) is 24.1. The molecule has 0 spiro atoms. The van der Waals surface area contributed by atoms with E-state index in [4.69, 9.17) is 14.2 Å². The van der Waals surface area contributed by atoms with Crippen LogP contribution in [0.15, 0.2) is 78.9 Å². The molecule has 31 heavy (non-hydrogen) atoms. The third-order valence-corrected chi connectivity index (χ3v) is 5.00. The summed E-state index contributed by atoms with van der Waals surface area (Å²) in [4.78, 5) is 12.7.